The molecule has 0 saturated carbocycles. The first-order chi connectivity index (χ1) is 13.8. The molecule has 7 heteroatoms. The predicted octanol–water partition coefficient (Wildman–Crippen LogP) is 2.60. The van der Waals surface area contributed by atoms with Crippen molar-refractivity contribution in [1.29, 1.82) is 0 Å². The number of aliphatic carboxylic acids is 1. The van der Waals surface area contributed by atoms with Crippen molar-refractivity contribution in [3.05, 3.63) is 75.8 Å². The number of benzene rings is 2. The Bertz CT molecular complexity index is 979. The van der Waals surface area contributed by atoms with E-state index in [4.69, 9.17) is 11.6 Å². The standard InChI is InChI=1S/C22H20ClNO5/c1-13-4-6-15(7-5-13)20(27)18-19(14-8-10-16(23)11-9-14)24(22(29)21(18)28)12-2-3-17(25)26/h4-11,19,27H,2-3,12H2,1H3,(H,25,26)/p-1/t19-/m1/s1. The van der Waals surface area contributed by atoms with Crippen LogP contribution in [0.4, 0.5) is 0 Å². The Morgan fingerprint density at radius 1 is 1.10 bits per heavy atom. The first-order valence-corrected chi connectivity index (χ1v) is 9.48. The number of hydrogen-bond donors (Lipinski definition) is 1. The van der Waals surface area contributed by atoms with Crippen molar-refractivity contribution in [2.45, 2.75) is 25.8 Å². The lowest BCUT2D eigenvalue weighted by Gasteiger charge is -2.25. The SMILES string of the molecule is Cc1ccc(C(O)=C2C(=O)C(=O)N(CCCC(=O)[O-])[C@@H]2c2ccc(Cl)cc2)cc1. The van der Waals surface area contributed by atoms with Crippen LogP contribution in [0.25, 0.3) is 5.76 Å². The summed E-state index contributed by atoms with van der Waals surface area (Å²) in [5.41, 5.74) is 1.96. The van der Waals surface area contributed by atoms with E-state index in [0.29, 0.717) is 16.1 Å². The van der Waals surface area contributed by atoms with Crippen molar-refractivity contribution < 1.29 is 24.6 Å². The van der Waals surface area contributed by atoms with Crippen molar-refractivity contribution >= 4 is 35.0 Å². The van der Waals surface area contributed by atoms with Crippen molar-refractivity contribution in [3.63, 3.8) is 0 Å². The molecule has 1 N–H and O–H groups in total. The molecule has 1 heterocycles. The number of aliphatic hydroxyl groups excluding tert-OH is 1. The molecule has 1 fully saturated rings. The molecule has 0 aliphatic carbocycles. The van der Waals surface area contributed by atoms with Gasteiger partial charge in [0.25, 0.3) is 11.7 Å². The largest absolute Gasteiger partial charge is 0.550 e. The van der Waals surface area contributed by atoms with Crippen LogP contribution in [0.2, 0.25) is 5.02 Å². The number of likely N-dealkylation sites (tertiary alicyclic amines) is 1. The molecule has 1 amide bonds. The summed E-state index contributed by atoms with van der Waals surface area (Å²) in [6.07, 6.45) is -0.113. The van der Waals surface area contributed by atoms with E-state index >= 15 is 0 Å². The number of rotatable bonds is 6. The van der Waals surface area contributed by atoms with Gasteiger partial charge in [-0.2, -0.15) is 0 Å². The number of carbonyl (C=O) groups excluding carboxylic acids is 3. The fourth-order valence-corrected chi connectivity index (χ4v) is 3.49. The van der Waals surface area contributed by atoms with Gasteiger partial charge in [0.05, 0.1) is 11.6 Å². The van der Waals surface area contributed by atoms with Gasteiger partial charge in [-0.25, -0.2) is 0 Å². The number of carboxylic acids is 1. The third-order valence-corrected chi connectivity index (χ3v) is 5.08. The van der Waals surface area contributed by atoms with E-state index in [2.05, 4.69) is 0 Å². The van der Waals surface area contributed by atoms with Gasteiger partial charge in [-0.1, -0.05) is 53.6 Å². The Morgan fingerprint density at radius 2 is 1.72 bits per heavy atom. The van der Waals surface area contributed by atoms with E-state index in [0.717, 1.165) is 5.56 Å². The van der Waals surface area contributed by atoms with Gasteiger partial charge < -0.3 is 19.9 Å². The third-order valence-electron chi connectivity index (χ3n) is 4.83. The van der Waals surface area contributed by atoms with Crippen molar-refractivity contribution in [3.8, 4) is 0 Å². The third kappa shape index (κ3) is 4.32. The highest BCUT2D eigenvalue weighted by molar-refractivity contribution is 6.46. The Labute approximate surface area is 173 Å². The van der Waals surface area contributed by atoms with E-state index in [1.165, 1.54) is 4.90 Å². The molecule has 2 aromatic rings. The first kappa shape index (κ1) is 20.6. The van der Waals surface area contributed by atoms with Gasteiger partial charge in [0, 0.05) is 23.1 Å². The fraction of sp³-hybridized carbons (Fsp3) is 0.227. The van der Waals surface area contributed by atoms with Gasteiger partial charge in [-0.15, -0.1) is 0 Å². The number of halogens is 1. The molecule has 150 valence electrons. The molecule has 2 aromatic carbocycles. The molecular weight excluding hydrogens is 394 g/mol. The summed E-state index contributed by atoms with van der Waals surface area (Å²) in [5, 5.41) is 22.1. The summed E-state index contributed by atoms with van der Waals surface area (Å²) in [6, 6.07) is 12.7. The lowest BCUT2D eigenvalue weighted by molar-refractivity contribution is -0.305. The molecule has 29 heavy (non-hydrogen) atoms. The lowest BCUT2D eigenvalue weighted by atomic mass is 9.95. The zero-order chi connectivity index (χ0) is 21.1. The zero-order valence-corrected chi connectivity index (χ0v) is 16.5. The highest BCUT2D eigenvalue weighted by Crippen LogP contribution is 2.39. The molecule has 0 radical (unpaired) electrons. The average Bonchev–Trinajstić information content (AvgIpc) is 2.93. The molecule has 1 aliphatic rings. The van der Waals surface area contributed by atoms with Gasteiger partial charge in [-0.05, 0) is 37.5 Å². The monoisotopic (exact) mass is 412 g/mol. The van der Waals surface area contributed by atoms with Gasteiger partial charge in [0.1, 0.15) is 5.76 Å². The number of carboxylic acid groups (broad SMARTS) is 1. The summed E-state index contributed by atoms with van der Waals surface area (Å²) in [6.45, 7) is 1.93. The van der Waals surface area contributed by atoms with Gasteiger partial charge >= 0.3 is 0 Å². The maximum absolute atomic E-state index is 12.8. The molecule has 0 aromatic heterocycles. The highest BCUT2D eigenvalue weighted by atomic mass is 35.5. The van der Waals surface area contributed by atoms with Gasteiger partial charge in [0.2, 0.25) is 0 Å². The van der Waals surface area contributed by atoms with Crippen molar-refractivity contribution in [1.82, 2.24) is 4.90 Å². The zero-order valence-electron chi connectivity index (χ0n) is 15.7. The minimum atomic E-state index is -1.23. The maximum Gasteiger partial charge on any atom is 0.295 e. The Morgan fingerprint density at radius 3 is 2.31 bits per heavy atom. The van der Waals surface area contributed by atoms with E-state index in [1.54, 1.807) is 48.5 Å². The topological polar surface area (TPSA) is 97.7 Å². The molecule has 0 unspecified atom stereocenters. The molecule has 1 saturated heterocycles. The number of aryl methyl sites for hydroxylation is 1. The molecule has 1 aliphatic heterocycles. The smallest absolute Gasteiger partial charge is 0.295 e. The second-order valence-electron chi connectivity index (χ2n) is 6.89. The van der Waals surface area contributed by atoms with Crippen LogP contribution in [0.1, 0.15) is 35.6 Å². The van der Waals surface area contributed by atoms with E-state index < -0.39 is 23.7 Å². The maximum atomic E-state index is 12.8. The summed E-state index contributed by atoms with van der Waals surface area (Å²) in [5.74, 6) is -3.09. The van der Waals surface area contributed by atoms with Gasteiger partial charge in [-0.3, -0.25) is 9.59 Å². The second-order valence-corrected chi connectivity index (χ2v) is 7.32. The van der Waals surface area contributed by atoms with Crippen LogP contribution in [-0.4, -0.2) is 34.2 Å². The Kier molecular flexibility index (Phi) is 6.03. The molecule has 0 bridgehead atoms. The highest BCUT2D eigenvalue weighted by Gasteiger charge is 2.45. The average molecular weight is 413 g/mol. The number of hydrogen-bond acceptors (Lipinski definition) is 5. The number of ketones is 1. The molecule has 6 nitrogen and oxygen atoms in total. The Hall–Kier alpha value is -3.12. The van der Waals surface area contributed by atoms with E-state index in [9.17, 15) is 24.6 Å². The van der Waals surface area contributed by atoms with Crippen LogP contribution in [0.15, 0.2) is 54.1 Å². The van der Waals surface area contributed by atoms with Crippen LogP contribution < -0.4 is 5.11 Å². The summed E-state index contributed by atoms with van der Waals surface area (Å²) in [7, 11) is 0. The van der Waals surface area contributed by atoms with Crippen LogP contribution in [0.5, 0.6) is 0 Å². The number of amides is 1. The van der Waals surface area contributed by atoms with Crippen molar-refractivity contribution in [2.24, 2.45) is 0 Å². The second kappa shape index (κ2) is 8.49. The number of nitrogens with zero attached hydrogens (tertiary/aromatic N) is 1. The van der Waals surface area contributed by atoms with Crippen LogP contribution >= 0.6 is 11.6 Å². The molecule has 3 rings (SSSR count). The number of Topliss-reactive ketones (excluding diaryl/α,β-unsaturated/α-hetero) is 1. The summed E-state index contributed by atoms with van der Waals surface area (Å²) in [4.78, 5) is 37.5. The quantitative estimate of drug-likeness (QED) is 0.446. The summed E-state index contributed by atoms with van der Waals surface area (Å²) >= 11 is 5.96. The minimum Gasteiger partial charge on any atom is -0.550 e. The van der Waals surface area contributed by atoms with Crippen LogP contribution in [-0.2, 0) is 14.4 Å². The van der Waals surface area contributed by atoms with Crippen LogP contribution in [0.3, 0.4) is 0 Å². The first-order valence-electron chi connectivity index (χ1n) is 9.10. The Balaban J connectivity index is 2.08. The number of carbonyl (C=O) groups is 3. The summed E-state index contributed by atoms with van der Waals surface area (Å²) < 4.78 is 0. The fourth-order valence-electron chi connectivity index (χ4n) is 3.36. The molecule has 1 atom stereocenters. The van der Waals surface area contributed by atoms with E-state index in [-0.39, 0.29) is 30.7 Å². The molecule has 0 spiro atoms. The normalized spacial score (nSPS) is 18.3. The molecular formula is C22H19ClNO5-. The number of aliphatic hydroxyl groups is 1. The van der Waals surface area contributed by atoms with Crippen molar-refractivity contribution in [2.75, 3.05) is 6.54 Å². The van der Waals surface area contributed by atoms with Gasteiger partial charge in [0.15, 0.2) is 0 Å². The minimum absolute atomic E-state index is 0.0328. The lowest BCUT2D eigenvalue weighted by Crippen LogP contribution is -2.32. The van der Waals surface area contributed by atoms with Crippen LogP contribution in [0, 0.1) is 6.92 Å². The van der Waals surface area contributed by atoms with E-state index in [1.807, 2.05) is 6.92 Å². The predicted molar refractivity (Wildman–Crippen MR) is 106 cm³/mol.